The van der Waals surface area contributed by atoms with E-state index in [0.717, 1.165) is 12.0 Å². The smallest absolute Gasteiger partial charge is 0.0309 e. The summed E-state index contributed by atoms with van der Waals surface area (Å²) in [5.74, 6) is 2.28. The van der Waals surface area contributed by atoms with Gasteiger partial charge < -0.3 is 5.32 Å². The molecule has 0 aromatic carbocycles. The van der Waals surface area contributed by atoms with Gasteiger partial charge in [-0.1, -0.05) is 6.42 Å². The van der Waals surface area contributed by atoms with Crippen LogP contribution in [0.25, 0.3) is 0 Å². The predicted molar refractivity (Wildman–Crippen MR) is 82.4 cm³/mol. The highest BCUT2D eigenvalue weighted by atomic mass is 32.2. The maximum absolute atomic E-state index is 3.80. The summed E-state index contributed by atoms with van der Waals surface area (Å²) in [6.45, 7) is 8.57. The molecule has 0 bridgehead atoms. The molecular weight excluding hydrogens is 240 g/mol. The molecule has 2 rings (SSSR count). The fraction of sp³-hybridized carbons (Fsp3) is 1.00. The molecule has 106 valence electrons. The van der Waals surface area contributed by atoms with E-state index in [1.165, 1.54) is 57.5 Å². The van der Waals surface area contributed by atoms with Crippen LogP contribution in [0.1, 0.15) is 46.0 Å². The van der Waals surface area contributed by atoms with Gasteiger partial charge in [0.05, 0.1) is 0 Å². The van der Waals surface area contributed by atoms with Crippen LogP contribution in [0.5, 0.6) is 0 Å². The minimum absolute atomic E-state index is 0.409. The molecule has 0 amide bonds. The Balaban J connectivity index is 1.72. The highest BCUT2D eigenvalue weighted by Crippen LogP contribution is 2.41. The Bertz CT molecular complexity index is 255. The van der Waals surface area contributed by atoms with Gasteiger partial charge >= 0.3 is 0 Å². The minimum atomic E-state index is 0.409. The number of hydrogen-bond acceptors (Lipinski definition) is 3. The Kier molecular flexibility index (Phi) is 5.40. The van der Waals surface area contributed by atoms with Crippen LogP contribution >= 0.6 is 11.8 Å². The van der Waals surface area contributed by atoms with Gasteiger partial charge in [0.1, 0.15) is 0 Å². The quantitative estimate of drug-likeness (QED) is 0.716. The van der Waals surface area contributed by atoms with Crippen molar-refractivity contribution >= 4 is 11.8 Å². The second-order valence-electron chi connectivity index (χ2n) is 6.45. The van der Waals surface area contributed by atoms with Gasteiger partial charge in [0.2, 0.25) is 0 Å². The second kappa shape index (κ2) is 6.62. The van der Waals surface area contributed by atoms with Crippen LogP contribution in [0.2, 0.25) is 0 Å². The first-order chi connectivity index (χ1) is 8.65. The maximum atomic E-state index is 3.80. The molecule has 0 aromatic heterocycles. The van der Waals surface area contributed by atoms with Crippen molar-refractivity contribution in [2.24, 2.45) is 5.92 Å². The lowest BCUT2D eigenvalue weighted by atomic mass is 9.91. The molecule has 2 atom stereocenters. The van der Waals surface area contributed by atoms with E-state index < -0.39 is 0 Å². The van der Waals surface area contributed by atoms with Crippen molar-refractivity contribution in [3.63, 3.8) is 0 Å². The zero-order chi connectivity index (χ0) is 13.0. The fourth-order valence-corrected chi connectivity index (χ4v) is 3.67. The number of nitrogens with zero attached hydrogens (tertiary/aromatic N) is 1. The Hall–Kier alpha value is 0.270. The molecule has 0 spiro atoms. The van der Waals surface area contributed by atoms with Gasteiger partial charge in [0.25, 0.3) is 0 Å². The van der Waals surface area contributed by atoms with Crippen LogP contribution in [0.3, 0.4) is 0 Å². The van der Waals surface area contributed by atoms with Crippen molar-refractivity contribution in [2.45, 2.75) is 57.5 Å². The lowest BCUT2D eigenvalue weighted by Gasteiger charge is -2.45. The zero-order valence-corrected chi connectivity index (χ0v) is 13.2. The monoisotopic (exact) mass is 270 g/mol. The lowest BCUT2D eigenvalue weighted by Crippen LogP contribution is -2.63. The Morgan fingerprint density at radius 1 is 1.28 bits per heavy atom. The van der Waals surface area contributed by atoms with Crippen LogP contribution in [-0.2, 0) is 0 Å². The average Bonchev–Trinajstić information content (AvgIpc) is 3.18. The number of hydrogen-bond donors (Lipinski definition) is 1. The molecule has 2 nitrogen and oxygen atoms in total. The molecule has 1 heterocycles. The molecule has 0 aromatic rings. The number of nitrogens with one attached hydrogen (secondary N) is 1. The SMILES string of the molecule is CSCCCCCN1CC(C)(C2CC2)NCC1C. The van der Waals surface area contributed by atoms with Gasteiger partial charge in [0, 0.05) is 24.7 Å². The molecule has 1 N–H and O–H groups in total. The molecule has 2 fully saturated rings. The van der Waals surface area contributed by atoms with Crippen LogP contribution in [0.4, 0.5) is 0 Å². The first-order valence-corrected chi connectivity index (χ1v) is 9.03. The molecule has 18 heavy (non-hydrogen) atoms. The summed E-state index contributed by atoms with van der Waals surface area (Å²) in [7, 11) is 0. The molecule has 2 aliphatic rings. The van der Waals surface area contributed by atoms with E-state index in [2.05, 4.69) is 30.3 Å². The summed E-state index contributed by atoms with van der Waals surface area (Å²) in [4.78, 5) is 2.73. The van der Waals surface area contributed by atoms with E-state index in [9.17, 15) is 0 Å². The first kappa shape index (κ1) is 14.7. The van der Waals surface area contributed by atoms with Crippen molar-refractivity contribution in [1.82, 2.24) is 10.2 Å². The van der Waals surface area contributed by atoms with E-state index in [1.54, 1.807) is 0 Å². The van der Waals surface area contributed by atoms with E-state index in [0.29, 0.717) is 5.54 Å². The van der Waals surface area contributed by atoms with Gasteiger partial charge in [-0.05, 0) is 64.0 Å². The summed E-state index contributed by atoms with van der Waals surface area (Å²) >= 11 is 1.98. The topological polar surface area (TPSA) is 15.3 Å². The molecule has 3 heteroatoms. The molecule has 1 aliphatic heterocycles. The molecule has 1 aliphatic carbocycles. The molecule has 1 saturated heterocycles. The van der Waals surface area contributed by atoms with Crippen LogP contribution in [-0.4, -0.2) is 48.1 Å². The first-order valence-electron chi connectivity index (χ1n) is 7.64. The van der Waals surface area contributed by atoms with Crippen LogP contribution < -0.4 is 5.32 Å². The van der Waals surface area contributed by atoms with Crippen LogP contribution in [0, 0.1) is 5.92 Å². The Labute approximate surface area is 117 Å². The summed E-state index contributed by atoms with van der Waals surface area (Å²) in [6.07, 6.45) is 9.27. The maximum Gasteiger partial charge on any atom is 0.0309 e. The van der Waals surface area contributed by atoms with Gasteiger partial charge in [-0.3, -0.25) is 4.90 Å². The summed E-state index contributed by atoms with van der Waals surface area (Å²) < 4.78 is 0. The highest BCUT2D eigenvalue weighted by Gasteiger charge is 2.44. The third kappa shape index (κ3) is 3.88. The van der Waals surface area contributed by atoms with E-state index in [4.69, 9.17) is 0 Å². The molecule has 0 radical (unpaired) electrons. The van der Waals surface area contributed by atoms with Crippen molar-refractivity contribution < 1.29 is 0 Å². The van der Waals surface area contributed by atoms with Crippen molar-refractivity contribution in [2.75, 3.05) is 31.6 Å². The number of piperazine rings is 1. The number of unbranched alkanes of at least 4 members (excludes halogenated alkanes) is 2. The van der Waals surface area contributed by atoms with Gasteiger partial charge in [-0.25, -0.2) is 0 Å². The Morgan fingerprint density at radius 2 is 2.06 bits per heavy atom. The lowest BCUT2D eigenvalue weighted by molar-refractivity contribution is 0.0818. The van der Waals surface area contributed by atoms with Gasteiger partial charge in [-0.2, -0.15) is 11.8 Å². The van der Waals surface area contributed by atoms with E-state index in [-0.39, 0.29) is 0 Å². The summed E-state index contributed by atoms with van der Waals surface area (Å²) in [5, 5.41) is 3.80. The summed E-state index contributed by atoms with van der Waals surface area (Å²) in [6, 6.07) is 0.720. The number of thioether (sulfide) groups is 1. The number of rotatable bonds is 7. The van der Waals surface area contributed by atoms with E-state index >= 15 is 0 Å². The van der Waals surface area contributed by atoms with E-state index in [1.807, 2.05) is 11.8 Å². The normalized spacial score (nSPS) is 33.8. The summed E-state index contributed by atoms with van der Waals surface area (Å²) in [5.41, 5.74) is 0.409. The molecule has 2 unspecified atom stereocenters. The van der Waals surface area contributed by atoms with Gasteiger partial charge in [-0.15, -0.1) is 0 Å². The fourth-order valence-electron chi connectivity index (χ4n) is 3.18. The van der Waals surface area contributed by atoms with Crippen LogP contribution in [0.15, 0.2) is 0 Å². The second-order valence-corrected chi connectivity index (χ2v) is 7.43. The average molecular weight is 270 g/mol. The van der Waals surface area contributed by atoms with Crippen molar-refractivity contribution in [3.8, 4) is 0 Å². The highest BCUT2D eigenvalue weighted by molar-refractivity contribution is 7.98. The third-order valence-electron chi connectivity index (χ3n) is 4.73. The molecular formula is C15H30N2S. The Morgan fingerprint density at radius 3 is 2.72 bits per heavy atom. The third-order valence-corrected chi connectivity index (χ3v) is 5.43. The zero-order valence-electron chi connectivity index (χ0n) is 12.4. The minimum Gasteiger partial charge on any atom is -0.308 e. The standard InChI is InChI=1S/C15H30N2S/c1-13-11-16-15(2,14-7-8-14)12-17(13)9-5-4-6-10-18-3/h13-14,16H,4-12H2,1-3H3. The van der Waals surface area contributed by atoms with Crippen molar-refractivity contribution in [3.05, 3.63) is 0 Å². The van der Waals surface area contributed by atoms with Gasteiger partial charge in [0.15, 0.2) is 0 Å². The predicted octanol–water partition coefficient (Wildman–Crippen LogP) is 2.98. The van der Waals surface area contributed by atoms with Crippen molar-refractivity contribution in [1.29, 1.82) is 0 Å². The largest absolute Gasteiger partial charge is 0.308 e. The molecule has 1 saturated carbocycles.